The third kappa shape index (κ3) is 1.60. The zero-order chi connectivity index (χ0) is 11.0. The quantitative estimate of drug-likeness (QED) is 0.661. The van der Waals surface area contributed by atoms with Crippen molar-refractivity contribution in [1.82, 2.24) is 10.2 Å². The van der Waals surface area contributed by atoms with Crippen LogP contribution < -0.4 is 0 Å². The van der Waals surface area contributed by atoms with Crippen molar-refractivity contribution in [1.29, 1.82) is 0 Å². The topological polar surface area (TPSA) is 25.8 Å². The van der Waals surface area contributed by atoms with Crippen molar-refractivity contribution in [3.63, 3.8) is 0 Å². The summed E-state index contributed by atoms with van der Waals surface area (Å²) in [5, 5.41) is 11.4. The molecule has 0 N–H and O–H groups in total. The molecule has 0 saturated heterocycles. The summed E-state index contributed by atoms with van der Waals surface area (Å²) >= 11 is 5.69. The minimum Gasteiger partial charge on any atom is -0.137 e. The molecule has 2 aromatic carbocycles. The Morgan fingerprint density at radius 2 is 1.75 bits per heavy atom. The summed E-state index contributed by atoms with van der Waals surface area (Å²) in [5.41, 5.74) is 1.12. The van der Waals surface area contributed by atoms with E-state index in [1.165, 1.54) is 22.1 Å². The van der Waals surface area contributed by atoms with Gasteiger partial charge in [0.25, 0.3) is 0 Å². The molecule has 0 radical (unpaired) electrons. The second kappa shape index (κ2) is 3.88. The van der Waals surface area contributed by atoms with Crippen LogP contribution in [0.3, 0.4) is 0 Å². The Morgan fingerprint density at radius 3 is 2.56 bits per heavy atom. The highest BCUT2D eigenvalue weighted by Gasteiger charge is 2.07. The Kier molecular flexibility index (Phi) is 2.38. The van der Waals surface area contributed by atoms with Gasteiger partial charge in [0, 0.05) is 5.56 Å². The summed E-state index contributed by atoms with van der Waals surface area (Å²) in [4.78, 5) is 0. The van der Waals surface area contributed by atoms with Crippen molar-refractivity contribution in [2.75, 3.05) is 0 Å². The van der Waals surface area contributed by atoms with E-state index in [0.29, 0.717) is 4.34 Å². The first-order chi connectivity index (χ1) is 7.84. The van der Waals surface area contributed by atoms with Gasteiger partial charge >= 0.3 is 0 Å². The first-order valence-electron chi connectivity index (χ1n) is 4.85. The zero-order valence-electron chi connectivity index (χ0n) is 8.29. The van der Waals surface area contributed by atoms with Gasteiger partial charge in [-0.1, -0.05) is 53.8 Å². The standard InChI is InChI=1S/C12H8N2S2/c15-12-14-13-11(16-12)10-7-3-5-8-4-1-2-6-9(8)10/h1-7H,(H,14,15). The minimum atomic E-state index is 0.697. The molecule has 0 aliphatic carbocycles. The Morgan fingerprint density at radius 1 is 0.938 bits per heavy atom. The molecule has 0 bridgehead atoms. The molecule has 0 atom stereocenters. The van der Waals surface area contributed by atoms with Gasteiger partial charge in [-0.3, -0.25) is 0 Å². The molecule has 1 aromatic heterocycles. The van der Waals surface area contributed by atoms with Gasteiger partial charge in [-0.2, -0.15) is 0 Å². The third-order valence-corrected chi connectivity index (χ3v) is 3.56. The molecule has 1 heterocycles. The molecule has 0 amide bonds. The highest BCUT2D eigenvalue weighted by atomic mass is 32.2. The molecular formula is C12H8N2S2. The van der Waals surface area contributed by atoms with Gasteiger partial charge < -0.3 is 0 Å². The summed E-state index contributed by atoms with van der Waals surface area (Å²) in [7, 11) is 0. The maximum absolute atomic E-state index is 4.19. The fourth-order valence-corrected chi connectivity index (χ4v) is 2.66. The van der Waals surface area contributed by atoms with Gasteiger partial charge in [0.05, 0.1) is 0 Å². The van der Waals surface area contributed by atoms with E-state index in [1.807, 2.05) is 18.2 Å². The van der Waals surface area contributed by atoms with E-state index < -0.39 is 0 Å². The van der Waals surface area contributed by atoms with Crippen molar-refractivity contribution in [2.45, 2.75) is 4.34 Å². The lowest BCUT2D eigenvalue weighted by atomic mass is 10.1. The predicted octanol–water partition coefficient (Wildman–Crippen LogP) is 3.65. The van der Waals surface area contributed by atoms with Crippen molar-refractivity contribution in [3.8, 4) is 10.6 Å². The van der Waals surface area contributed by atoms with E-state index in [-0.39, 0.29) is 0 Å². The first-order valence-corrected chi connectivity index (χ1v) is 6.11. The normalized spacial score (nSPS) is 10.8. The van der Waals surface area contributed by atoms with Crippen molar-refractivity contribution in [3.05, 3.63) is 42.5 Å². The van der Waals surface area contributed by atoms with Gasteiger partial charge in [-0.25, -0.2) is 0 Å². The van der Waals surface area contributed by atoms with Crippen LogP contribution in [0.2, 0.25) is 0 Å². The summed E-state index contributed by atoms with van der Waals surface area (Å²) in [5.74, 6) is 0. The second-order valence-electron chi connectivity index (χ2n) is 3.42. The average Bonchev–Trinajstić information content (AvgIpc) is 2.75. The molecule has 0 saturated carbocycles. The van der Waals surface area contributed by atoms with Crippen LogP contribution in [-0.4, -0.2) is 10.2 Å². The lowest BCUT2D eigenvalue weighted by molar-refractivity contribution is 1.02. The summed E-state index contributed by atoms with van der Waals surface area (Å²) in [6.07, 6.45) is 0. The van der Waals surface area contributed by atoms with E-state index >= 15 is 0 Å². The molecule has 0 aliphatic rings. The average molecular weight is 244 g/mol. The van der Waals surface area contributed by atoms with E-state index in [4.69, 9.17) is 0 Å². The van der Waals surface area contributed by atoms with E-state index in [0.717, 1.165) is 10.6 Å². The summed E-state index contributed by atoms with van der Waals surface area (Å²) in [6.45, 7) is 0. The highest BCUT2D eigenvalue weighted by Crippen LogP contribution is 2.31. The minimum absolute atomic E-state index is 0.697. The predicted molar refractivity (Wildman–Crippen MR) is 70.1 cm³/mol. The van der Waals surface area contributed by atoms with Crippen LogP contribution in [0.25, 0.3) is 21.3 Å². The number of fused-ring (bicyclic) bond motifs is 1. The Bertz CT molecular complexity index is 641. The van der Waals surface area contributed by atoms with Crippen molar-refractivity contribution >= 4 is 34.7 Å². The fourth-order valence-electron chi connectivity index (χ4n) is 1.74. The van der Waals surface area contributed by atoms with Gasteiger partial charge in [-0.15, -0.1) is 22.8 Å². The van der Waals surface area contributed by atoms with E-state index in [1.54, 1.807) is 0 Å². The van der Waals surface area contributed by atoms with E-state index in [2.05, 4.69) is 47.1 Å². The van der Waals surface area contributed by atoms with Crippen molar-refractivity contribution < 1.29 is 0 Å². The van der Waals surface area contributed by atoms with Crippen LogP contribution in [0.15, 0.2) is 46.8 Å². The molecule has 2 nitrogen and oxygen atoms in total. The molecule has 16 heavy (non-hydrogen) atoms. The fraction of sp³-hybridized carbons (Fsp3) is 0. The number of rotatable bonds is 1. The second-order valence-corrected chi connectivity index (χ2v) is 5.12. The van der Waals surface area contributed by atoms with Gasteiger partial charge in [0.2, 0.25) is 0 Å². The molecule has 3 aromatic rings. The number of thiol groups is 1. The summed E-state index contributed by atoms with van der Waals surface area (Å²) < 4.78 is 0.697. The number of benzene rings is 2. The number of aromatic nitrogens is 2. The Labute approximate surface area is 102 Å². The highest BCUT2D eigenvalue weighted by molar-refractivity contribution is 7.82. The smallest absolute Gasteiger partial charge is 0.137 e. The van der Waals surface area contributed by atoms with Gasteiger partial charge in [-0.05, 0) is 10.8 Å². The number of hydrogen-bond donors (Lipinski definition) is 1. The largest absolute Gasteiger partial charge is 0.171 e. The monoisotopic (exact) mass is 244 g/mol. The maximum atomic E-state index is 4.19. The van der Waals surface area contributed by atoms with Crippen LogP contribution in [0.4, 0.5) is 0 Å². The lowest BCUT2D eigenvalue weighted by Gasteiger charge is -2.01. The third-order valence-electron chi connectivity index (χ3n) is 2.43. The van der Waals surface area contributed by atoms with Gasteiger partial charge in [0.1, 0.15) is 5.01 Å². The van der Waals surface area contributed by atoms with Crippen LogP contribution >= 0.6 is 24.0 Å². The maximum Gasteiger partial charge on any atom is 0.171 e. The Balaban J connectivity index is 2.31. The molecular weight excluding hydrogens is 236 g/mol. The molecule has 4 heteroatoms. The van der Waals surface area contributed by atoms with Gasteiger partial charge in [0.15, 0.2) is 4.34 Å². The SMILES string of the molecule is Sc1nnc(-c2cccc3ccccc23)s1. The van der Waals surface area contributed by atoms with Crippen LogP contribution in [-0.2, 0) is 0 Å². The Hall–Kier alpha value is -1.39. The van der Waals surface area contributed by atoms with Crippen LogP contribution in [0.1, 0.15) is 0 Å². The molecule has 0 fully saturated rings. The molecule has 3 rings (SSSR count). The lowest BCUT2D eigenvalue weighted by Crippen LogP contribution is -1.80. The molecule has 0 unspecified atom stereocenters. The zero-order valence-corrected chi connectivity index (χ0v) is 10.0. The van der Waals surface area contributed by atoms with Crippen LogP contribution in [0.5, 0.6) is 0 Å². The van der Waals surface area contributed by atoms with E-state index in [9.17, 15) is 0 Å². The molecule has 78 valence electrons. The van der Waals surface area contributed by atoms with Crippen LogP contribution in [0, 0.1) is 0 Å². The summed E-state index contributed by atoms with van der Waals surface area (Å²) in [6, 6.07) is 14.5. The van der Waals surface area contributed by atoms with Crippen molar-refractivity contribution in [2.24, 2.45) is 0 Å². The number of nitrogens with zero attached hydrogens (tertiary/aromatic N) is 2. The molecule has 0 spiro atoms. The number of hydrogen-bond acceptors (Lipinski definition) is 4. The first kappa shape index (κ1) is 9.81. The molecule has 0 aliphatic heterocycles.